The average molecular weight is 547 g/mol. The third-order valence-electron chi connectivity index (χ3n) is 5.62. The van der Waals surface area contributed by atoms with E-state index in [-0.39, 0.29) is 24.2 Å². The minimum absolute atomic E-state index is 0.0214. The highest BCUT2D eigenvalue weighted by molar-refractivity contribution is 7.93. The van der Waals surface area contributed by atoms with Gasteiger partial charge in [0.05, 0.1) is 26.6 Å². The number of benzene rings is 1. The number of halogens is 1. The first kappa shape index (κ1) is 26.9. The summed E-state index contributed by atoms with van der Waals surface area (Å²) in [6, 6.07) is 6.82. The quantitative estimate of drug-likeness (QED) is 0.297. The lowest BCUT2D eigenvalue weighted by Gasteiger charge is -2.23. The van der Waals surface area contributed by atoms with Gasteiger partial charge in [-0.15, -0.1) is 10.2 Å². The fraction of sp³-hybridized carbons (Fsp3) is 0.348. The van der Waals surface area contributed by atoms with Crippen LogP contribution in [0, 0.1) is 5.82 Å². The number of methoxy groups -OCH3 is 2. The summed E-state index contributed by atoms with van der Waals surface area (Å²) in [6.07, 6.45) is 2.52. The summed E-state index contributed by atoms with van der Waals surface area (Å²) in [4.78, 5) is 7.83. The molecule has 0 saturated heterocycles. The van der Waals surface area contributed by atoms with Gasteiger partial charge >= 0.3 is 0 Å². The number of ether oxygens (including phenoxy) is 3. The average Bonchev–Trinajstić information content (AvgIpc) is 3.52. The molecule has 0 bridgehead atoms. The molecule has 15 heteroatoms. The lowest BCUT2D eigenvalue weighted by atomic mass is 10.2. The van der Waals surface area contributed by atoms with E-state index in [4.69, 9.17) is 14.2 Å². The van der Waals surface area contributed by atoms with E-state index in [0.29, 0.717) is 22.9 Å². The maximum Gasteiger partial charge on any atom is 0.243 e. The van der Waals surface area contributed by atoms with Gasteiger partial charge in [-0.3, -0.25) is 14.0 Å². The van der Waals surface area contributed by atoms with Gasteiger partial charge in [0.2, 0.25) is 16.0 Å². The van der Waals surface area contributed by atoms with Crippen LogP contribution in [0.2, 0.25) is 0 Å². The van der Waals surface area contributed by atoms with Gasteiger partial charge in [0.25, 0.3) is 0 Å². The standard InChI is InChI=1S/C23H27FN8O5S/c1-6-37-20(21-25-12-15(24)13-26-21)14(2)38(33,34)30-23-28-27-22(16-10-11-31(3)29-16)32(23)19-17(35-4)8-7-9-18(19)36-5/h7-14,20H,6H2,1-5H3,(H,28,30)/t14-,20-/m0/s1. The summed E-state index contributed by atoms with van der Waals surface area (Å²) in [5, 5.41) is 11.5. The second-order valence-corrected chi connectivity index (χ2v) is 10.1. The summed E-state index contributed by atoms with van der Waals surface area (Å²) in [7, 11) is 0.488. The van der Waals surface area contributed by atoms with Gasteiger partial charge in [0.1, 0.15) is 34.2 Å². The molecule has 3 aromatic heterocycles. The number of sulfonamides is 1. The van der Waals surface area contributed by atoms with Crippen molar-refractivity contribution in [2.45, 2.75) is 25.2 Å². The van der Waals surface area contributed by atoms with Crippen LogP contribution in [-0.2, 0) is 21.8 Å². The number of hydrogen-bond acceptors (Lipinski definition) is 10. The lowest BCUT2D eigenvalue weighted by molar-refractivity contribution is 0.0556. The minimum atomic E-state index is -4.21. The maximum atomic E-state index is 13.6. The van der Waals surface area contributed by atoms with Crippen molar-refractivity contribution in [1.82, 2.24) is 34.5 Å². The highest BCUT2D eigenvalue weighted by Crippen LogP contribution is 2.37. The highest BCUT2D eigenvalue weighted by Gasteiger charge is 2.35. The Bertz CT molecular complexity index is 1480. The van der Waals surface area contributed by atoms with E-state index in [1.807, 2.05) is 0 Å². The van der Waals surface area contributed by atoms with Gasteiger partial charge in [-0.1, -0.05) is 6.07 Å². The van der Waals surface area contributed by atoms with Crippen LogP contribution in [0.1, 0.15) is 25.8 Å². The molecule has 1 aromatic carbocycles. The number of hydrogen-bond donors (Lipinski definition) is 1. The van der Waals surface area contributed by atoms with Crippen LogP contribution in [0.25, 0.3) is 17.2 Å². The maximum absolute atomic E-state index is 13.6. The van der Waals surface area contributed by atoms with E-state index in [1.165, 1.54) is 25.7 Å². The molecule has 0 amide bonds. The normalized spacial score (nSPS) is 13.2. The number of para-hydroxylation sites is 1. The lowest BCUT2D eigenvalue weighted by Crippen LogP contribution is -2.34. The van der Waals surface area contributed by atoms with Gasteiger partial charge < -0.3 is 14.2 Å². The van der Waals surface area contributed by atoms with Crippen molar-refractivity contribution in [1.29, 1.82) is 0 Å². The van der Waals surface area contributed by atoms with Gasteiger partial charge in [0, 0.05) is 19.9 Å². The molecule has 2 atom stereocenters. The van der Waals surface area contributed by atoms with Crippen molar-refractivity contribution in [2.24, 2.45) is 7.05 Å². The molecular formula is C23H27FN8O5S. The first-order valence-electron chi connectivity index (χ1n) is 11.5. The topological polar surface area (TPSA) is 148 Å². The molecule has 0 aliphatic heterocycles. The highest BCUT2D eigenvalue weighted by atomic mass is 32.2. The molecule has 0 unspecified atom stereocenters. The molecule has 0 aliphatic carbocycles. The zero-order valence-corrected chi connectivity index (χ0v) is 22.2. The second kappa shape index (κ2) is 11.1. The Kier molecular flexibility index (Phi) is 7.87. The number of aryl methyl sites for hydroxylation is 1. The fourth-order valence-corrected chi connectivity index (χ4v) is 4.86. The van der Waals surface area contributed by atoms with Crippen molar-refractivity contribution < 1.29 is 27.0 Å². The summed E-state index contributed by atoms with van der Waals surface area (Å²) in [5.41, 5.74) is 0.787. The van der Waals surface area contributed by atoms with Gasteiger partial charge in [-0.25, -0.2) is 22.8 Å². The molecule has 3 heterocycles. The van der Waals surface area contributed by atoms with Crippen LogP contribution in [0.15, 0.2) is 42.9 Å². The molecule has 1 N–H and O–H groups in total. The van der Waals surface area contributed by atoms with Crippen LogP contribution >= 0.6 is 0 Å². The predicted molar refractivity (Wildman–Crippen MR) is 135 cm³/mol. The van der Waals surface area contributed by atoms with Crippen molar-refractivity contribution in [3.63, 3.8) is 0 Å². The van der Waals surface area contributed by atoms with Crippen LogP contribution < -0.4 is 14.2 Å². The first-order valence-corrected chi connectivity index (χ1v) is 13.0. The Balaban J connectivity index is 1.82. The molecule has 0 fully saturated rings. The van der Waals surface area contributed by atoms with E-state index in [2.05, 4.69) is 30.0 Å². The molecular weight excluding hydrogens is 519 g/mol. The fourth-order valence-electron chi connectivity index (χ4n) is 3.77. The van der Waals surface area contributed by atoms with E-state index < -0.39 is 27.2 Å². The zero-order valence-electron chi connectivity index (χ0n) is 21.4. The zero-order chi connectivity index (χ0) is 27.4. The molecule has 4 aromatic rings. The second-order valence-electron chi connectivity index (χ2n) is 8.06. The van der Waals surface area contributed by atoms with E-state index in [1.54, 1.807) is 49.1 Å². The van der Waals surface area contributed by atoms with Gasteiger partial charge in [-0.2, -0.15) is 5.10 Å². The van der Waals surface area contributed by atoms with Gasteiger partial charge in [-0.05, 0) is 32.0 Å². The van der Waals surface area contributed by atoms with Crippen molar-refractivity contribution in [3.8, 4) is 28.7 Å². The monoisotopic (exact) mass is 546 g/mol. The number of rotatable bonds is 11. The molecule has 0 saturated carbocycles. The molecule has 202 valence electrons. The van der Waals surface area contributed by atoms with Crippen molar-refractivity contribution >= 4 is 16.0 Å². The third kappa shape index (κ3) is 5.28. The van der Waals surface area contributed by atoms with Crippen LogP contribution in [0.5, 0.6) is 11.5 Å². The number of aromatic nitrogens is 7. The smallest absolute Gasteiger partial charge is 0.243 e. The van der Waals surface area contributed by atoms with Gasteiger partial charge in [0.15, 0.2) is 17.5 Å². The van der Waals surface area contributed by atoms with Crippen molar-refractivity contribution in [2.75, 3.05) is 25.5 Å². The summed E-state index contributed by atoms with van der Waals surface area (Å²) < 4.78 is 62.9. The molecule has 0 aliphatic rings. The number of nitrogens with zero attached hydrogens (tertiary/aromatic N) is 7. The van der Waals surface area contributed by atoms with Crippen LogP contribution in [0.3, 0.4) is 0 Å². The largest absolute Gasteiger partial charge is 0.494 e. The molecule has 0 radical (unpaired) electrons. The Morgan fingerprint density at radius 3 is 2.29 bits per heavy atom. The molecule has 4 rings (SSSR count). The van der Waals surface area contributed by atoms with E-state index in [9.17, 15) is 12.8 Å². The number of anilines is 1. The summed E-state index contributed by atoms with van der Waals surface area (Å²) >= 11 is 0. The third-order valence-corrected chi connectivity index (χ3v) is 7.31. The SMILES string of the molecule is CCO[C@H](c1ncc(F)cn1)[C@H](C)S(=O)(=O)Nc1nnc(-c2ccn(C)n2)n1-c1c(OC)cccc1OC. The molecule has 38 heavy (non-hydrogen) atoms. The first-order chi connectivity index (χ1) is 18.2. The van der Waals surface area contributed by atoms with Crippen molar-refractivity contribution in [3.05, 3.63) is 54.5 Å². The van der Waals surface area contributed by atoms with Crippen LogP contribution in [-0.4, -0.2) is 69.0 Å². The minimum Gasteiger partial charge on any atom is -0.494 e. The Labute approximate surface area is 218 Å². The molecule has 0 spiro atoms. The summed E-state index contributed by atoms with van der Waals surface area (Å²) in [6.45, 7) is 3.30. The molecule has 13 nitrogen and oxygen atoms in total. The number of nitrogens with one attached hydrogen (secondary N) is 1. The van der Waals surface area contributed by atoms with E-state index in [0.717, 1.165) is 12.4 Å². The Hall–Kier alpha value is -4.11. The van der Waals surface area contributed by atoms with E-state index >= 15 is 0 Å². The summed E-state index contributed by atoms with van der Waals surface area (Å²) in [5.74, 6) is 0.215. The Morgan fingerprint density at radius 1 is 1.08 bits per heavy atom. The predicted octanol–water partition coefficient (Wildman–Crippen LogP) is 2.52. The Morgan fingerprint density at radius 2 is 1.74 bits per heavy atom. The van der Waals surface area contributed by atoms with Crippen LogP contribution in [0.4, 0.5) is 10.3 Å².